The number of hydrogen-bond donors (Lipinski definition) is 0. The summed E-state index contributed by atoms with van der Waals surface area (Å²) in [4.78, 5) is 27.8. The lowest BCUT2D eigenvalue weighted by Gasteiger charge is -2.33. The third-order valence-electron chi connectivity index (χ3n) is 6.27. The fourth-order valence-electron chi connectivity index (χ4n) is 4.32. The molecule has 184 valence electrons. The van der Waals surface area contributed by atoms with Crippen LogP contribution in [0, 0.1) is 0 Å². The van der Waals surface area contributed by atoms with Crippen molar-refractivity contribution >= 4 is 21.7 Å². The standard InChI is InChI=1S/C26H29N3O5S/c1-3-19(2)28(22-14-15-35(32,33)18-22)25(30)17-34-26(31)24-16-23(20-10-6-4-7-11-20)27-29(24)21-12-8-5-9-13-21/h4-13,16,19,22H,3,14-15,17-18H2,1-2H3/t19-,22+/m0/s1. The maximum absolute atomic E-state index is 13.1. The Hall–Kier alpha value is -3.46. The molecule has 9 heteroatoms. The second-order valence-corrected chi connectivity index (χ2v) is 10.9. The highest BCUT2D eigenvalue weighted by molar-refractivity contribution is 7.91. The van der Waals surface area contributed by atoms with Crippen LogP contribution in [0.15, 0.2) is 66.7 Å². The number of sulfone groups is 1. The normalized spacial score (nSPS) is 17.6. The summed E-state index contributed by atoms with van der Waals surface area (Å²) in [6.07, 6.45) is 1.06. The quantitative estimate of drug-likeness (QED) is 0.444. The number of esters is 1. The molecule has 2 atom stereocenters. The third kappa shape index (κ3) is 5.62. The molecule has 1 fully saturated rings. The van der Waals surface area contributed by atoms with E-state index in [0.717, 1.165) is 5.56 Å². The molecule has 35 heavy (non-hydrogen) atoms. The van der Waals surface area contributed by atoms with E-state index in [1.54, 1.807) is 11.0 Å². The van der Waals surface area contributed by atoms with Gasteiger partial charge in [0.2, 0.25) is 0 Å². The zero-order valence-electron chi connectivity index (χ0n) is 19.8. The number of rotatable bonds is 8. The Morgan fingerprint density at radius 2 is 1.77 bits per heavy atom. The van der Waals surface area contributed by atoms with E-state index in [1.807, 2.05) is 74.5 Å². The van der Waals surface area contributed by atoms with Crippen LogP contribution in [0.4, 0.5) is 0 Å². The van der Waals surface area contributed by atoms with Crippen LogP contribution in [0.1, 0.15) is 37.2 Å². The number of hydrogen-bond acceptors (Lipinski definition) is 6. The predicted molar refractivity (Wildman–Crippen MR) is 133 cm³/mol. The molecule has 0 spiro atoms. The molecule has 0 N–H and O–H groups in total. The molecule has 0 aliphatic carbocycles. The summed E-state index contributed by atoms with van der Waals surface area (Å²) < 4.78 is 30.9. The fraction of sp³-hybridized carbons (Fsp3) is 0.346. The van der Waals surface area contributed by atoms with Gasteiger partial charge in [0.15, 0.2) is 22.1 Å². The SMILES string of the molecule is CC[C@H](C)N(C(=O)COC(=O)c1cc(-c2ccccc2)nn1-c1ccccc1)[C@@H]1CCS(=O)(=O)C1. The molecular formula is C26H29N3O5S. The van der Waals surface area contributed by atoms with E-state index < -0.39 is 34.4 Å². The highest BCUT2D eigenvalue weighted by Gasteiger charge is 2.37. The molecule has 0 saturated carbocycles. The maximum Gasteiger partial charge on any atom is 0.357 e. The van der Waals surface area contributed by atoms with Gasteiger partial charge in [0.1, 0.15) is 0 Å². The summed E-state index contributed by atoms with van der Waals surface area (Å²) >= 11 is 0. The van der Waals surface area contributed by atoms with E-state index in [9.17, 15) is 18.0 Å². The van der Waals surface area contributed by atoms with Gasteiger partial charge in [0, 0.05) is 17.6 Å². The van der Waals surface area contributed by atoms with E-state index >= 15 is 0 Å². The molecule has 0 unspecified atom stereocenters. The van der Waals surface area contributed by atoms with Crippen molar-refractivity contribution in [3.05, 3.63) is 72.4 Å². The second kappa shape index (κ2) is 10.4. The lowest BCUT2D eigenvalue weighted by atomic mass is 10.1. The van der Waals surface area contributed by atoms with Crippen LogP contribution in [0.2, 0.25) is 0 Å². The first kappa shape index (κ1) is 24.7. The Morgan fingerprint density at radius 1 is 1.11 bits per heavy atom. The van der Waals surface area contributed by atoms with Crippen LogP contribution in [-0.2, 0) is 19.4 Å². The van der Waals surface area contributed by atoms with Crippen molar-refractivity contribution in [2.24, 2.45) is 0 Å². The highest BCUT2D eigenvalue weighted by Crippen LogP contribution is 2.24. The van der Waals surface area contributed by atoms with Crippen molar-refractivity contribution in [3.8, 4) is 16.9 Å². The van der Waals surface area contributed by atoms with E-state index in [-0.39, 0.29) is 23.2 Å². The van der Waals surface area contributed by atoms with Gasteiger partial charge in [-0.15, -0.1) is 0 Å². The van der Waals surface area contributed by atoms with Gasteiger partial charge in [-0.3, -0.25) is 4.79 Å². The number of carbonyl (C=O) groups is 2. The van der Waals surface area contributed by atoms with Gasteiger partial charge in [0.05, 0.1) is 22.9 Å². The molecule has 3 aromatic rings. The Labute approximate surface area is 205 Å². The Kier molecular flexibility index (Phi) is 7.35. The number of benzene rings is 2. The minimum absolute atomic E-state index is 0.0573. The fourth-order valence-corrected chi connectivity index (χ4v) is 6.03. The monoisotopic (exact) mass is 495 g/mol. The van der Waals surface area contributed by atoms with E-state index in [0.29, 0.717) is 24.2 Å². The predicted octanol–water partition coefficient (Wildman–Crippen LogP) is 3.51. The van der Waals surface area contributed by atoms with Crippen LogP contribution in [0.25, 0.3) is 16.9 Å². The molecule has 0 radical (unpaired) electrons. The average molecular weight is 496 g/mol. The first-order valence-electron chi connectivity index (χ1n) is 11.7. The zero-order valence-corrected chi connectivity index (χ0v) is 20.6. The van der Waals surface area contributed by atoms with Gasteiger partial charge in [0.25, 0.3) is 5.91 Å². The van der Waals surface area contributed by atoms with Gasteiger partial charge in [-0.25, -0.2) is 17.9 Å². The number of ether oxygens (including phenoxy) is 1. The Balaban J connectivity index is 1.56. The largest absolute Gasteiger partial charge is 0.451 e. The van der Waals surface area contributed by atoms with Crippen molar-refractivity contribution < 1.29 is 22.7 Å². The average Bonchev–Trinajstić information content (AvgIpc) is 3.47. The molecular weight excluding hydrogens is 466 g/mol. The summed E-state index contributed by atoms with van der Waals surface area (Å²) in [7, 11) is -3.16. The zero-order chi connectivity index (χ0) is 25.0. The smallest absolute Gasteiger partial charge is 0.357 e. The van der Waals surface area contributed by atoms with Gasteiger partial charge in [-0.1, -0.05) is 55.5 Å². The molecule has 1 aromatic heterocycles. The number of nitrogens with zero attached hydrogens (tertiary/aromatic N) is 3. The second-order valence-electron chi connectivity index (χ2n) is 8.72. The molecule has 4 rings (SSSR count). The minimum atomic E-state index is -3.16. The van der Waals surface area contributed by atoms with Crippen LogP contribution in [-0.4, -0.2) is 65.2 Å². The summed E-state index contributed by atoms with van der Waals surface area (Å²) in [6.45, 7) is 3.34. The van der Waals surface area contributed by atoms with Crippen molar-refractivity contribution in [2.75, 3.05) is 18.1 Å². The summed E-state index contributed by atoms with van der Waals surface area (Å²) in [5.74, 6) is -1.07. The highest BCUT2D eigenvalue weighted by atomic mass is 32.2. The molecule has 1 amide bonds. The van der Waals surface area contributed by atoms with E-state index in [2.05, 4.69) is 5.10 Å². The molecule has 1 saturated heterocycles. The van der Waals surface area contributed by atoms with Gasteiger partial charge in [-0.05, 0) is 38.0 Å². The molecule has 8 nitrogen and oxygen atoms in total. The van der Waals surface area contributed by atoms with Crippen LogP contribution >= 0.6 is 0 Å². The lowest BCUT2D eigenvalue weighted by Crippen LogP contribution is -2.48. The van der Waals surface area contributed by atoms with E-state index in [4.69, 9.17) is 4.74 Å². The van der Waals surface area contributed by atoms with Gasteiger partial charge >= 0.3 is 5.97 Å². The molecule has 1 aliphatic heterocycles. The van der Waals surface area contributed by atoms with Crippen molar-refractivity contribution in [3.63, 3.8) is 0 Å². The van der Waals surface area contributed by atoms with Crippen molar-refractivity contribution in [1.82, 2.24) is 14.7 Å². The minimum Gasteiger partial charge on any atom is -0.451 e. The van der Waals surface area contributed by atoms with Gasteiger partial charge in [-0.2, -0.15) is 5.10 Å². The maximum atomic E-state index is 13.1. The number of aromatic nitrogens is 2. The first-order valence-corrected chi connectivity index (χ1v) is 13.5. The molecule has 1 aliphatic rings. The number of carbonyl (C=O) groups excluding carboxylic acids is 2. The summed E-state index contributed by atoms with van der Waals surface area (Å²) in [5, 5.41) is 4.61. The van der Waals surface area contributed by atoms with Crippen molar-refractivity contribution in [1.29, 1.82) is 0 Å². The van der Waals surface area contributed by atoms with Crippen LogP contribution in [0.5, 0.6) is 0 Å². The van der Waals surface area contributed by atoms with Crippen molar-refractivity contribution in [2.45, 2.75) is 38.8 Å². The number of para-hydroxylation sites is 1. The summed E-state index contributed by atoms with van der Waals surface area (Å²) in [6, 6.07) is 19.8. The molecule has 0 bridgehead atoms. The first-order chi connectivity index (χ1) is 16.8. The van der Waals surface area contributed by atoms with Crippen LogP contribution in [0.3, 0.4) is 0 Å². The molecule has 2 aromatic carbocycles. The third-order valence-corrected chi connectivity index (χ3v) is 8.02. The topological polar surface area (TPSA) is 98.6 Å². The molecule has 2 heterocycles. The van der Waals surface area contributed by atoms with Gasteiger partial charge < -0.3 is 9.64 Å². The Bertz CT molecular complexity index is 1290. The lowest BCUT2D eigenvalue weighted by molar-refractivity contribution is -0.138. The van der Waals surface area contributed by atoms with E-state index in [1.165, 1.54) is 4.68 Å². The number of amides is 1. The Morgan fingerprint density at radius 3 is 2.37 bits per heavy atom. The summed E-state index contributed by atoms with van der Waals surface area (Å²) in [5.41, 5.74) is 2.33. The van der Waals surface area contributed by atoms with Crippen LogP contribution < -0.4 is 0 Å².